The molecule has 8 nitrogen and oxygen atoms in total. The zero-order valence-electron chi connectivity index (χ0n) is 20.2. The van der Waals surface area contributed by atoms with Gasteiger partial charge in [-0.2, -0.15) is 4.31 Å². The van der Waals surface area contributed by atoms with Crippen LogP contribution in [0, 0.1) is 0 Å². The lowest BCUT2D eigenvalue weighted by atomic mass is 9.93. The summed E-state index contributed by atoms with van der Waals surface area (Å²) in [5.74, 6) is -0.954. The molecule has 2 aromatic rings. The van der Waals surface area contributed by atoms with E-state index >= 15 is 4.39 Å². The van der Waals surface area contributed by atoms with Crippen molar-refractivity contribution >= 4 is 53.3 Å². The number of carbonyl (C=O) groups excluding carboxylic acids is 1. The molecule has 0 spiro atoms. The number of rotatable bonds is 9. The van der Waals surface area contributed by atoms with Gasteiger partial charge in [-0.05, 0) is 30.3 Å². The first kappa shape index (κ1) is 29.7. The number of halogens is 3. The van der Waals surface area contributed by atoms with E-state index in [0.29, 0.717) is 20.6 Å². The maximum atomic E-state index is 15.6. The Morgan fingerprint density at radius 3 is 2.43 bits per heavy atom. The summed E-state index contributed by atoms with van der Waals surface area (Å²) in [5.41, 5.74) is -1.40. The van der Waals surface area contributed by atoms with E-state index in [1.165, 1.54) is 19.3 Å². The highest BCUT2D eigenvalue weighted by Crippen LogP contribution is 2.37. The van der Waals surface area contributed by atoms with E-state index < -0.39 is 37.5 Å². The lowest BCUT2D eigenvalue weighted by Crippen LogP contribution is -2.54. The van der Waals surface area contributed by atoms with Crippen LogP contribution in [-0.2, 0) is 29.4 Å². The molecule has 0 bridgehead atoms. The summed E-state index contributed by atoms with van der Waals surface area (Å²) >= 11 is 9.71. The zero-order chi connectivity index (χ0) is 27.4. The number of nitrogens with one attached hydrogen (secondary N) is 1. The van der Waals surface area contributed by atoms with Crippen LogP contribution in [0.4, 0.5) is 4.39 Å². The normalized spacial score (nSPS) is 17.5. The van der Waals surface area contributed by atoms with Crippen molar-refractivity contribution in [2.45, 2.75) is 29.4 Å². The van der Waals surface area contributed by atoms with Gasteiger partial charge >= 0.3 is 0 Å². The minimum atomic E-state index is -4.05. The average molecular weight is 638 g/mol. The predicted molar refractivity (Wildman–Crippen MR) is 144 cm³/mol. The van der Waals surface area contributed by atoms with E-state index in [1.54, 1.807) is 36.4 Å². The number of alkyl halides is 1. The summed E-state index contributed by atoms with van der Waals surface area (Å²) < 4.78 is 72.4. The Morgan fingerprint density at radius 1 is 1.19 bits per heavy atom. The third-order valence-electron chi connectivity index (χ3n) is 5.87. The average Bonchev–Trinajstić information content (AvgIpc) is 2.82. The van der Waals surface area contributed by atoms with Gasteiger partial charge in [0.05, 0.1) is 17.5 Å². The maximum absolute atomic E-state index is 15.6. The van der Waals surface area contributed by atoms with Crippen LogP contribution in [0.2, 0.25) is 5.02 Å². The van der Waals surface area contributed by atoms with Gasteiger partial charge in [0.15, 0.2) is 15.5 Å². The number of methoxy groups -OCH3 is 1. The van der Waals surface area contributed by atoms with E-state index in [0.717, 1.165) is 16.0 Å². The second kappa shape index (κ2) is 11.9. The van der Waals surface area contributed by atoms with Crippen molar-refractivity contribution in [1.82, 2.24) is 9.62 Å². The largest absolute Gasteiger partial charge is 0.382 e. The number of carbonyl (C=O) groups is 1. The Labute approximate surface area is 229 Å². The van der Waals surface area contributed by atoms with Crippen LogP contribution in [0.5, 0.6) is 0 Å². The van der Waals surface area contributed by atoms with Gasteiger partial charge in [-0.15, -0.1) is 0 Å². The number of piperidine rings is 1. The summed E-state index contributed by atoms with van der Waals surface area (Å²) in [4.78, 5) is 12.8. The number of hydrogen-bond donors (Lipinski definition) is 1. The Morgan fingerprint density at radius 2 is 1.84 bits per heavy atom. The summed E-state index contributed by atoms with van der Waals surface area (Å²) in [7, 11) is -6.15. The molecule has 0 saturated carbocycles. The molecule has 1 saturated heterocycles. The summed E-state index contributed by atoms with van der Waals surface area (Å²) in [5, 5.41) is 3.74. The number of ether oxygens (including phenoxy) is 1. The Kier molecular flexibility index (Phi) is 9.57. The molecule has 1 N–H and O–H groups in total. The molecule has 1 aliphatic rings. The van der Waals surface area contributed by atoms with Gasteiger partial charge in [0.25, 0.3) is 5.91 Å². The molecule has 0 aliphatic carbocycles. The lowest BCUT2D eigenvalue weighted by molar-refractivity contribution is -0.136. The molecule has 37 heavy (non-hydrogen) atoms. The monoisotopic (exact) mass is 636 g/mol. The van der Waals surface area contributed by atoms with Crippen LogP contribution >= 0.6 is 27.5 Å². The molecule has 3 rings (SSSR count). The van der Waals surface area contributed by atoms with Crippen molar-refractivity contribution in [3.8, 4) is 11.1 Å². The van der Waals surface area contributed by atoms with Crippen LogP contribution in [-0.4, -0.2) is 71.8 Å². The van der Waals surface area contributed by atoms with Crippen molar-refractivity contribution in [3.05, 3.63) is 63.4 Å². The van der Waals surface area contributed by atoms with E-state index in [4.69, 9.17) is 16.3 Å². The number of amides is 1. The second-order valence-electron chi connectivity index (χ2n) is 8.68. The molecule has 202 valence electrons. The van der Waals surface area contributed by atoms with Crippen LogP contribution < -0.4 is 5.32 Å². The predicted octanol–water partition coefficient (Wildman–Crippen LogP) is 3.95. The number of hydrogen-bond acceptors (Lipinski definition) is 6. The van der Waals surface area contributed by atoms with Crippen molar-refractivity contribution in [2.24, 2.45) is 0 Å². The Balaban J connectivity index is 1.80. The lowest BCUT2D eigenvalue weighted by Gasteiger charge is -2.35. The Bertz CT molecular complexity index is 1390. The highest BCUT2D eigenvalue weighted by atomic mass is 79.9. The van der Waals surface area contributed by atoms with Gasteiger partial charge in [-0.1, -0.05) is 45.7 Å². The summed E-state index contributed by atoms with van der Waals surface area (Å²) in [6.45, 7) is -0.514. The van der Waals surface area contributed by atoms with Crippen molar-refractivity contribution < 1.29 is 30.8 Å². The molecule has 2 aromatic carbocycles. The summed E-state index contributed by atoms with van der Waals surface area (Å²) in [6.07, 6.45) is 1.46. The van der Waals surface area contributed by atoms with Crippen LogP contribution in [0.25, 0.3) is 11.1 Å². The number of sulfonamides is 1. The van der Waals surface area contributed by atoms with E-state index in [9.17, 15) is 21.6 Å². The third-order valence-corrected chi connectivity index (χ3v) is 9.30. The number of sulfone groups is 1. The van der Waals surface area contributed by atoms with Crippen molar-refractivity contribution in [2.75, 3.05) is 33.1 Å². The van der Waals surface area contributed by atoms with Gasteiger partial charge < -0.3 is 10.1 Å². The van der Waals surface area contributed by atoms with E-state index in [1.807, 2.05) is 0 Å². The first-order chi connectivity index (χ1) is 17.3. The highest BCUT2D eigenvalue weighted by Gasteiger charge is 2.45. The number of nitrogens with zero attached hydrogens (tertiary/aromatic N) is 1. The maximum Gasteiger partial charge on any atom is 0.258 e. The van der Waals surface area contributed by atoms with Crippen LogP contribution in [0.1, 0.15) is 12.8 Å². The molecule has 1 aliphatic heterocycles. The zero-order valence-corrected chi connectivity index (χ0v) is 24.1. The third kappa shape index (κ3) is 7.39. The van der Waals surface area contributed by atoms with Crippen LogP contribution in [0.15, 0.2) is 63.3 Å². The summed E-state index contributed by atoms with van der Waals surface area (Å²) in [6, 6.07) is 10.7. The van der Waals surface area contributed by atoms with Crippen molar-refractivity contribution in [3.63, 3.8) is 0 Å². The minimum Gasteiger partial charge on any atom is -0.382 e. The minimum absolute atomic E-state index is 0.0191. The van der Waals surface area contributed by atoms with Gasteiger partial charge in [0.1, 0.15) is 0 Å². The van der Waals surface area contributed by atoms with Crippen LogP contribution in [0.3, 0.4) is 0 Å². The van der Waals surface area contributed by atoms with E-state index in [2.05, 4.69) is 21.2 Å². The van der Waals surface area contributed by atoms with Gasteiger partial charge in [0, 0.05) is 65.3 Å². The fourth-order valence-corrected chi connectivity index (χ4v) is 6.63. The fourth-order valence-electron chi connectivity index (χ4n) is 3.92. The van der Waals surface area contributed by atoms with Crippen molar-refractivity contribution in [1.29, 1.82) is 0 Å². The topological polar surface area (TPSA) is 110 Å². The highest BCUT2D eigenvalue weighted by molar-refractivity contribution is 9.10. The molecular weight excluding hydrogens is 611 g/mol. The van der Waals surface area contributed by atoms with Gasteiger partial charge in [0.2, 0.25) is 10.0 Å². The second-order valence-corrected chi connectivity index (χ2v) is 13.8. The molecule has 1 fully saturated rings. The van der Waals surface area contributed by atoms with Gasteiger partial charge in [-0.3, -0.25) is 4.79 Å². The molecule has 0 radical (unpaired) electrons. The Hall–Kier alpha value is -1.83. The standard InChI is InChI=1S/C24H27BrClFN2O6S2/c1-35-16-18(9-14-36(2,31)32)28-23(30)24(27)10-12-29(13-11-24)37(33,34)22-8-7-17(25)15-20(22)19-5-3-4-6-21(19)26/h3-9,14-15,18H,10-13,16H2,1-2H3,(H,28,30)/b14-9-/t18-/m1/s1. The molecule has 1 amide bonds. The molecule has 0 aromatic heterocycles. The molecule has 0 unspecified atom stereocenters. The molecular formula is C24H27BrClFN2O6S2. The first-order valence-corrected chi connectivity index (χ1v) is 15.7. The molecule has 13 heteroatoms. The smallest absolute Gasteiger partial charge is 0.258 e. The first-order valence-electron chi connectivity index (χ1n) is 11.2. The van der Waals surface area contributed by atoms with E-state index in [-0.39, 0.29) is 37.4 Å². The molecule has 1 atom stereocenters. The number of benzene rings is 2. The fraction of sp³-hybridized carbons (Fsp3) is 0.375. The van der Waals surface area contributed by atoms with Gasteiger partial charge in [-0.25, -0.2) is 21.2 Å². The quantitative estimate of drug-likeness (QED) is 0.446. The molecule has 1 heterocycles. The SMILES string of the molecule is COC[C@@H](/C=C\S(C)(=O)=O)NC(=O)C1(F)CCN(S(=O)(=O)c2ccc(Br)cc2-c2ccccc2Cl)CC1.